The van der Waals surface area contributed by atoms with E-state index in [0.717, 1.165) is 16.6 Å². The van der Waals surface area contributed by atoms with Crippen LogP contribution in [-0.4, -0.2) is 33.0 Å². The normalized spacial score (nSPS) is 14.7. The second kappa shape index (κ2) is 7.80. The zero-order valence-electron chi connectivity index (χ0n) is 13.6. The van der Waals surface area contributed by atoms with E-state index in [2.05, 4.69) is 20.9 Å². The summed E-state index contributed by atoms with van der Waals surface area (Å²) < 4.78 is 33.9. The molecule has 1 aliphatic rings. The highest BCUT2D eigenvalue weighted by Gasteiger charge is 2.30. The minimum atomic E-state index is -3.77. The number of amidine groups is 1. The summed E-state index contributed by atoms with van der Waals surface area (Å²) in [5.74, 6) is 1.52. The van der Waals surface area contributed by atoms with Gasteiger partial charge in [-0.25, -0.2) is 12.7 Å². The molecule has 0 amide bonds. The molecule has 0 unspecified atom stereocenters. The van der Waals surface area contributed by atoms with E-state index in [9.17, 15) is 8.42 Å². The largest absolute Gasteiger partial charge is 0.497 e. The lowest BCUT2D eigenvalue weighted by Gasteiger charge is -2.27. The van der Waals surface area contributed by atoms with Crippen LogP contribution in [0.1, 0.15) is 6.42 Å². The first-order chi connectivity index (χ1) is 12.0. The molecule has 0 radical (unpaired) electrons. The van der Waals surface area contributed by atoms with Crippen molar-refractivity contribution in [2.45, 2.75) is 11.3 Å². The van der Waals surface area contributed by atoms with Crippen molar-refractivity contribution >= 4 is 48.6 Å². The lowest BCUT2D eigenvalue weighted by atomic mass is 10.3. The molecule has 1 heterocycles. The van der Waals surface area contributed by atoms with Gasteiger partial charge in [0.15, 0.2) is 5.17 Å². The van der Waals surface area contributed by atoms with Gasteiger partial charge in [0.05, 0.1) is 17.7 Å². The number of aliphatic imine (C=N–C) groups is 1. The first-order valence-corrected chi connectivity index (χ1v) is 10.9. The first kappa shape index (κ1) is 18.3. The van der Waals surface area contributed by atoms with E-state index >= 15 is 0 Å². The first-order valence-electron chi connectivity index (χ1n) is 7.64. The van der Waals surface area contributed by atoms with Gasteiger partial charge in [0, 0.05) is 16.8 Å². The standard InChI is InChI=1S/C17H17BrN2O3S2/c1-23-15-7-5-14(6-8-15)20(17-19-11-2-12-24-17)25(21,22)16-9-3-13(18)4-10-16/h3-10H,2,11-12H2,1H3. The number of sulfonamides is 1. The third kappa shape index (κ3) is 4.02. The molecule has 0 saturated carbocycles. The molecule has 0 atom stereocenters. The van der Waals surface area contributed by atoms with Crippen LogP contribution in [0.3, 0.4) is 0 Å². The van der Waals surface area contributed by atoms with Crippen LogP contribution < -0.4 is 9.04 Å². The van der Waals surface area contributed by atoms with E-state index in [-0.39, 0.29) is 4.90 Å². The van der Waals surface area contributed by atoms with Crippen LogP contribution in [0.25, 0.3) is 0 Å². The number of anilines is 1. The van der Waals surface area contributed by atoms with Gasteiger partial charge in [-0.1, -0.05) is 27.7 Å². The lowest BCUT2D eigenvalue weighted by Crippen LogP contribution is -2.36. The molecule has 3 rings (SSSR count). The summed E-state index contributed by atoms with van der Waals surface area (Å²) in [6, 6.07) is 13.6. The molecular formula is C17H17BrN2O3S2. The summed E-state index contributed by atoms with van der Waals surface area (Å²) in [4.78, 5) is 4.67. The number of rotatable bonds is 4. The summed E-state index contributed by atoms with van der Waals surface area (Å²) in [5, 5.41) is 0.499. The molecule has 25 heavy (non-hydrogen) atoms. The van der Waals surface area contributed by atoms with Crippen LogP contribution in [0.4, 0.5) is 5.69 Å². The number of hydrogen-bond acceptors (Lipinski definition) is 5. The summed E-state index contributed by atoms with van der Waals surface area (Å²) in [7, 11) is -2.19. The van der Waals surface area contributed by atoms with Gasteiger partial charge >= 0.3 is 0 Å². The Kier molecular flexibility index (Phi) is 5.71. The minimum absolute atomic E-state index is 0.223. The number of thioether (sulfide) groups is 1. The second-order valence-electron chi connectivity index (χ2n) is 5.29. The fraction of sp³-hybridized carbons (Fsp3) is 0.235. The average molecular weight is 441 g/mol. The predicted molar refractivity (Wildman–Crippen MR) is 106 cm³/mol. The number of nitrogens with zero attached hydrogens (tertiary/aromatic N) is 2. The molecule has 0 aromatic heterocycles. The summed E-state index contributed by atoms with van der Waals surface area (Å²) >= 11 is 4.79. The summed E-state index contributed by atoms with van der Waals surface area (Å²) in [6.07, 6.45) is 0.947. The van der Waals surface area contributed by atoms with Crippen molar-refractivity contribution in [2.24, 2.45) is 4.99 Å². The Balaban J connectivity index is 2.09. The van der Waals surface area contributed by atoms with Crippen LogP contribution in [0.5, 0.6) is 5.75 Å². The number of methoxy groups -OCH3 is 1. The predicted octanol–water partition coefficient (Wildman–Crippen LogP) is 4.15. The summed E-state index contributed by atoms with van der Waals surface area (Å²) in [5.41, 5.74) is 0.539. The molecule has 0 aliphatic carbocycles. The molecule has 1 aliphatic heterocycles. The van der Waals surface area contributed by atoms with Crippen LogP contribution in [0.15, 0.2) is 62.9 Å². The number of benzene rings is 2. The Morgan fingerprint density at radius 2 is 1.80 bits per heavy atom. The van der Waals surface area contributed by atoms with Gasteiger partial charge in [-0.2, -0.15) is 0 Å². The van der Waals surface area contributed by atoms with Crippen LogP contribution in [0, 0.1) is 0 Å². The lowest BCUT2D eigenvalue weighted by molar-refractivity contribution is 0.415. The smallest absolute Gasteiger partial charge is 0.270 e. The van der Waals surface area contributed by atoms with Gasteiger partial charge in [-0.3, -0.25) is 4.99 Å². The average Bonchev–Trinajstić information content (AvgIpc) is 2.63. The molecule has 0 saturated heterocycles. The highest BCUT2D eigenvalue weighted by atomic mass is 79.9. The van der Waals surface area contributed by atoms with E-state index in [1.807, 2.05) is 0 Å². The van der Waals surface area contributed by atoms with Crippen LogP contribution >= 0.6 is 27.7 Å². The maximum Gasteiger partial charge on any atom is 0.270 e. The molecular weight excluding hydrogens is 424 g/mol. The Hall–Kier alpha value is -1.51. The van der Waals surface area contributed by atoms with Crippen molar-refractivity contribution in [3.63, 3.8) is 0 Å². The molecule has 2 aromatic rings. The van der Waals surface area contributed by atoms with E-state index in [4.69, 9.17) is 4.74 Å². The zero-order valence-corrected chi connectivity index (χ0v) is 16.8. The third-order valence-electron chi connectivity index (χ3n) is 3.61. The molecule has 8 heteroatoms. The number of ether oxygens (including phenoxy) is 1. The van der Waals surface area contributed by atoms with E-state index in [1.54, 1.807) is 55.6 Å². The molecule has 132 valence electrons. The van der Waals surface area contributed by atoms with Crippen molar-refractivity contribution in [1.29, 1.82) is 0 Å². The molecule has 0 spiro atoms. The fourth-order valence-corrected chi connectivity index (χ4v) is 5.28. The Morgan fingerprint density at radius 3 is 2.36 bits per heavy atom. The highest BCUT2D eigenvalue weighted by molar-refractivity contribution is 9.10. The highest BCUT2D eigenvalue weighted by Crippen LogP contribution is 2.31. The quantitative estimate of drug-likeness (QED) is 0.716. The van der Waals surface area contributed by atoms with Gasteiger partial charge in [-0.05, 0) is 55.0 Å². The molecule has 2 aromatic carbocycles. The molecule has 5 nitrogen and oxygen atoms in total. The van der Waals surface area contributed by atoms with Gasteiger partial charge < -0.3 is 4.74 Å². The number of hydrogen-bond donors (Lipinski definition) is 0. The maximum atomic E-state index is 13.3. The van der Waals surface area contributed by atoms with E-state index in [1.165, 1.54) is 16.1 Å². The Labute approximate surface area is 160 Å². The Bertz CT molecular complexity index is 866. The minimum Gasteiger partial charge on any atom is -0.497 e. The second-order valence-corrected chi connectivity index (χ2v) is 9.05. The van der Waals surface area contributed by atoms with Gasteiger partial charge in [-0.15, -0.1) is 0 Å². The number of halogens is 1. The topological polar surface area (TPSA) is 59.0 Å². The van der Waals surface area contributed by atoms with Crippen molar-refractivity contribution in [3.05, 3.63) is 53.0 Å². The fourth-order valence-electron chi connectivity index (χ4n) is 2.35. The summed E-state index contributed by atoms with van der Waals surface area (Å²) in [6.45, 7) is 0.630. The maximum absolute atomic E-state index is 13.3. The van der Waals surface area contributed by atoms with Crippen molar-refractivity contribution < 1.29 is 13.2 Å². The van der Waals surface area contributed by atoms with Crippen molar-refractivity contribution in [2.75, 3.05) is 23.7 Å². The van der Waals surface area contributed by atoms with E-state index < -0.39 is 10.0 Å². The van der Waals surface area contributed by atoms with Crippen molar-refractivity contribution in [3.8, 4) is 5.75 Å². The van der Waals surface area contributed by atoms with Gasteiger partial charge in [0.2, 0.25) is 0 Å². The van der Waals surface area contributed by atoms with E-state index in [0.29, 0.717) is 23.1 Å². The van der Waals surface area contributed by atoms with Crippen LogP contribution in [0.2, 0.25) is 0 Å². The molecule has 0 fully saturated rings. The SMILES string of the molecule is COc1ccc(N(C2=NCCCS2)S(=O)(=O)c2ccc(Br)cc2)cc1. The Morgan fingerprint density at radius 1 is 1.12 bits per heavy atom. The zero-order chi connectivity index (χ0) is 17.9. The van der Waals surface area contributed by atoms with Crippen LogP contribution in [-0.2, 0) is 10.0 Å². The van der Waals surface area contributed by atoms with Gasteiger partial charge in [0.25, 0.3) is 10.0 Å². The molecule has 0 N–H and O–H groups in total. The van der Waals surface area contributed by atoms with Gasteiger partial charge in [0.1, 0.15) is 5.75 Å². The molecule has 0 bridgehead atoms. The van der Waals surface area contributed by atoms with Crippen molar-refractivity contribution in [1.82, 2.24) is 0 Å². The third-order valence-corrected chi connectivity index (χ3v) is 7.05. The monoisotopic (exact) mass is 440 g/mol.